The Labute approximate surface area is 171 Å². The van der Waals surface area contributed by atoms with Crippen LogP contribution in [0, 0.1) is 0 Å². The molecule has 0 bridgehead atoms. The summed E-state index contributed by atoms with van der Waals surface area (Å²) in [6.45, 7) is 5.99. The second kappa shape index (κ2) is 10.0. The van der Waals surface area contributed by atoms with Gasteiger partial charge in [-0.2, -0.15) is 0 Å². The first kappa shape index (κ1) is 20.8. The number of nitrogens with two attached hydrogens (primary N) is 1. The lowest BCUT2D eigenvalue weighted by molar-refractivity contribution is -0.117. The van der Waals surface area contributed by atoms with Gasteiger partial charge in [0.15, 0.2) is 0 Å². The van der Waals surface area contributed by atoms with Crippen molar-refractivity contribution in [2.24, 2.45) is 5.73 Å². The van der Waals surface area contributed by atoms with Gasteiger partial charge in [0.05, 0.1) is 19.1 Å². The number of nitrogens with zero attached hydrogens (tertiary/aromatic N) is 1. The van der Waals surface area contributed by atoms with E-state index in [-0.39, 0.29) is 18.6 Å². The molecule has 0 saturated carbocycles. The van der Waals surface area contributed by atoms with Crippen molar-refractivity contribution in [1.29, 1.82) is 0 Å². The third kappa shape index (κ3) is 6.58. The van der Waals surface area contributed by atoms with E-state index in [9.17, 15) is 9.59 Å². The number of amides is 3. The second-order valence-electron chi connectivity index (χ2n) is 7.34. The summed E-state index contributed by atoms with van der Waals surface area (Å²) in [5.41, 5.74) is 8.79. The average molecular weight is 396 g/mol. The summed E-state index contributed by atoms with van der Waals surface area (Å²) in [6, 6.07) is 15.0. The lowest BCUT2D eigenvalue weighted by Gasteiger charge is -2.31. The van der Waals surface area contributed by atoms with E-state index in [0.717, 1.165) is 31.8 Å². The van der Waals surface area contributed by atoms with Crippen molar-refractivity contribution in [1.82, 2.24) is 10.2 Å². The van der Waals surface area contributed by atoms with E-state index < -0.39 is 5.91 Å². The molecular formula is C22H28N4O3. The molecular weight excluding hydrogens is 368 g/mol. The maximum Gasteiger partial charge on any atom is 0.319 e. The predicted molar refractivity (Wildman–Crippen MR) is 112 cm³/mol. The molecule has 0 aliphatic carbocycles. The molecule has 0 spiro atoms. The Hall–Kier alpha value is -2.90. The van der Waals surface area contributed by atoms with E-state index in [2.05, 4.69) is 34.6 Å². The molecule has 7 heteroatoms. The van der Waals surface area contributed by atoms with E-state index in [1.54, 1.807) is 18.2 Å². The lowest BCUT2D eigenvalue weighted by Crippen LogP contribution is -2.40. The zero-order chi connectivity index (χ0) is 20.6. The van der Waals surface area contributed by atoms with Crippen molar-refractivity contribution in [3.63, 3.8) is 0 Å². The summed E-state index contributed by atoms with van der Waals surface area (Å²) in [7, 11) is 0. The van der Waals surface area contributed by atoms with Crippen molar-refractivity contribution in [3.05, 3.63) is 65.2 Å². The van der Waals surface area contributed by atoms with Crippen LogP contribution in [0.3, 0.4) is 0 Å². The van der Waals surface area contributed by atoms with Gasteiger partial charge in [0.2, 0.25) is 5.91 Å². The largest absolute Gasteiger partial charge is 0.376 e. The molecule has 1 aliphatic rings. The van der Waals surface area contributed by atoms with E-state index in [0.29, 0.717) is 17.8 Å². The molecule has 1 atom stereocenters. The molecule has 1 saturated heterocycles. The van der Waals surface area contributed by atoms with Crippen molar-refractivity contribution in [3.8, 4) is 0 Å². The number of urea groups is 1. The van der Waals surface area contributed by atoms with Crippen LogP contribution >= 0.6 is 0 Å². The second-order valence-corrected chi connectivity index (χ2v) is 7.34. The highest BCUT2D eigenvalue weighted by atomic mass is 16.5. The van der Waals surface area contributed by atoms with E-state index in [1.807, 2.05) is 18.2 Å². The fraction of sp³-hybridized carbons (Fsp3) is 0.364. The Morgan fingerprint density at radius 1 is 1.17 bits per heavy atom. The Bertz CT molecular complexity index is 855. The maximum atomic E-state index is 12.3. The third-order valence-electron chi connectivity index (χ3n) is 4.81. The van der Waals surface area contributed by atoms with Gasteiger partial charge in [-0.1, -0.05) is 42.5 Å². The van der Waals surface area contributed by atoms with Crippen LogP contribution in [0.5, 0.6) is 0 Å². The van der Waals surface area contributed by atoms with E-state index >= 15 is 0 Å². The van der Waals surface area contributed by atoms with E-state index in [4.69, 9.17) is 10.5 Å². The molecule has 4 N–H and O–H groups in total. The summed E-state index contributed by atoms with van der Waals surface area (Å²) >= 11 is 0. The lowest BCUT2D eigenvalue weighted by atomic mass is 10.1. The number of hydrogen-bond donors (Lipinski definition) is 3. The van der Waals surface area contributed by atoms with Crippen LogP contribution in [0.2, 0.25) is 0 Å². The van der Waals surface area contributed by atoms with Crippen LogP contribution in [-0.2, 0) is 29.0 Å². The van der Waals surface area contributed by atoms with Crippen LogP contribution in [0.1, 0.15) is 23.6 Å². The first-order valence-electron chi connectivity index (χ1n) is 9.82. The normalized spacial score (nSPS) is 16.9. The zero-order valence-corrected chi connectivity index (χ0v) is 16.7. The number of ether oxygens (including phenoxy) is 1. The predicted octanol–water partition coefficient (Wildman–Crippen LogP) is 2.26. The number of carbonyl (C=O) groups is 2. The van der Waals surface area contributed by atoms with Crippen LogP contribution in [0.4, 0.5) is 10.5 Å². The van der Waals surface area contributed by atoms with Crippen LogP contribution in [0.15, 0.2) is 48.5 Å². The number of primary amides is 1. The summed E-state index contributed by atoms with van der Waals surface area (Å²) in [6.07, 6.45) is 0.341. The molecule has 2 aromatic carbocycles. The van der Waals surface area contributed by atoms with Gasteiger partial charge in [0.1, 0.15) is 0 Å². The highest BCUT2D eigenvalue weighted by Crippen LogP contribution is 2.16. The first-order valence-corrected chi connectivity index (χ1v) is 9.82. The Morgan fingerprint density at radius 3 is 2.76 bits per heavy atom. The molecule has 0 radical (unpaired) electrons. The zero-order valence-electron chi connectivity index (χ0n) is 16.7. The highest BCUT2D eigenvalue weighted by molar-refractivity contribution is 5.91. The number of para-hydroxylation sites is 1. The van der Waals surface area contributed by atoms with Gasteiger partial charge in [-0.05, 0) is 29.7 Å². The molecule has 154 valence electrons. The van der Waals surface area contributed by atoms with Crippen molar-refractivity contribution < 1.29 is 14.3 Å². The number of hydrogen-bond acceptors (Lipinski definition) is 4. The van der Waals surface area contributed by atoms with Crippen molar-refractivity contribution in [2.45, 2.75) is 32.5 Å². The number of morpholine rings is 1. The minimum Gasteiger partial charge on any atom is -0.376 e. The Balaban J connectivity index is 1.53. The SMILES string of the molecule is CC1CN(Cc2cccc(CNC(=O)Nc3ccccc3CC(N)=O)c2)CCO1. The Morgan fingerprint density at radius 2 is 1.97 bits per heavy atom. The smallest absolute Gasteiger partial charge is 0.319 e. The summed E-state index contributed by atoms with van der Waals surface area (Å²) in [4.78, 5) is 25.9. The molecule has 3 amide bonds. The van der Waals surface area contributed by atoms with Gasteiger partial charge in [-0.25, -0.2) is 4.79 Å². The summed E-state index contributed by atoms with van der Waals surface area (Å²) in [5, 5.41) is 5.66. The quantitative estimate of drug-likeness (QED) is 0.669. The first-order chi connectivity index (χ1) is 14.0. The fourth-order valence-electron chi connectivity index (χ4n) is 3.46. The summed E-state index contributed by atoms with van der Waals surface area (Å²) in [5.74, 6) is -0.439. The van der Waals surface area contributed by atoms with Crippen molar-refractivity contribution >= 4 is 17.6 Å². The number of benzene rings is 2. The topological polar surface area (TPSA) is 96.7 Å². The molecule has 1 aliphatic heterocycles. The standard InChI is InChI=1S/C22H28N4O3/c1-16-14-26(9-10-29-16)15-18-6-4-5-17(11-18)13-24-22(28)25-20-8-3-2-7-19(20)12-21(23)27/h2-8,11,16H,9-10,12-15H2,1H3,(H2,23,27)(H2,24,25,28). The van der Waals surface area contributed by atoms with Crippen LogP contribution in [-0.4, -0.2) is 42.6 Å². The summed E-state index contributed by atoms with van der Waals surface area (Å²) < 4.78 is 5.59. The van der Waals surface area contributed by atoms with Gasteiger partial charge in [-0.3, -0.25) is 9.69 Å². The number of carbonyl (C=O) groups excluding carboxylic acids is 2. The molecule has 0 aromatic heterocycles. The van der Waals surface area contributed by atoms with Gasteiger partial charge < -0.3 is 21.1 Å². The Kier molecular flexibility index (Phi) is 7.21. The highest BCUT2D eigenvalue weighted by Gasteiger charge is 2.16. The van der Waals surface area contributed by atoms with Crippen LogP contribution < -0.4 is 16.4 Å². The number of rotatable bonds is 7. The number of anilines is 1. The van der Waals surface area contributed by atoms with Gasteiger partial charge in [-0.15, -0.1) is 0 Å². The third-order valence-corrected chi connectivity index (χ3v) is 4.81. The molecule has 7 nitrogen and oxygen atoms in total. The minimum absolute atomic E-state index is 0.0820. The maximum absolute atomic E-state index is 12.3. The minimum atomic E-state index is -0.439. The van der Waals surface area contributed by atoms with Crippen LogP contribution in [0.25, 0.3) is 0 Å². The monoisotopic (exact) mass is 396 g/mol. The molecule has 29 heavy (non-hydrogen) atoms. The number of nitrogens with one attached hydrogen (secondary N) is 2. The van der Waals surface area contributed by atoms with Gasteiger partial charge in [0.25, 0.3) is 0 Å². The molecule has 3 rings (SSSR count). The van der Waals surface area contributed by atoms with E-state index in [1.165, 1.54) is 5.56 Å². The molecule has 1 heterocycles. The molecule has 1 unspecified atom stereocenters. The van der Waals surface area contributed by atoms with Crippen molar-refractivity contribution in [2.75, 3.05) is 25.0 Å². The molecule has 1 fully saturated rings. The fourth-order valence-corrected chi connectivity index (χ4v) is 3.46. The van der Waals surface area contributed by atoms with Gasteiger partial charge in [0, 0.05) is 31.9 Å². The average Bonchev–Trinajstić information content (AvgIpc) is 2.68. The molecule has 2 aromatic rings. The van der Waals surface area contributed by atoms with Gasteiger partial charge >= 0.3 is 6.03 Å².